The molecule has 1 aliphatic heterocycles. The highest BCUT2D eigenvalue weighted by Crippen LogP contribution is 2.60. The van der Waals surface area contributed by atoms with E-state index in [0.717, 1.165) is 42.6 Å². The van der Waals surface area contributed by atoms with Crippen LogP contribution in [0.5, 0.6) is 0 Å². The Balaban J connectivity index is 1.04. The first-order chi connectivity index (χ1) is 16.3. The standard InChI is InChI=1S/C26H35ClN4O3/c1-17-2-3-21(13-22(17)27)29-25(34)31-8-6-30(7-9-31)23(32)4-5-28-24(33)26-14-18-10-19(15-26)12-20(11-18)16-26/h2-3,13,18-20H,4-12,14-16H2,1H3,(H,28,33)(H,29,34). The first-order valence-corrected chi connectivity index (χ1v) is 13.1. The van der Waals surface area contributed by atoms with Crippen molar-refractivity contribution < 1.29 is 14.4 Å². The summed E-state index contributed by atoms with van der Waals surface area (Å²) in [6, 6.07) is 5.26. The Labute approximate surface area is 206 Å². The minimum Gasteiger partial charge on any atom is -0.355 e. The van der Waals surface area contributed by atoms with Crippen molar-refractivity contribution in [3.63, 3.8) is 0 Å². The Morgan fingerprint density at radius 3 is 2.15 bits per heavy atom. The van der Waals surface area contributed by atoms with Crippen molar-refractivity contribution >= 4 is 35.1 Å². The molecule has 6 rings (SSSR count). The quantitative estimate of drug-likeness (QED) is 0.658. The average Bonchev–Trinajstić information content (AvgIpc) is 2.80. The number of carbonyl (C=O) groups is 3. The lowest BCUT2D eigenvalue weighted by Crippen LogP contribution is -2.54. The van der Waals surface area contributed by atoms with Crippen LogP contribution in [0.15, 0.2) is 18.2 Å². The fraction of sp³-hybridized carbons (Fsp3) is 0.654. The van der Waals surface area contributed by atoms with Crippen LogP contribution in [-0.2, 0) is 9.59 Å². The molecule has 1 aromatic rings. The minimum atomic E-state index is -0.185. The molecule has 184 valence electrons. The lowest BCUT2D eigenvalue weighted by Gasteiger charge is -2.55. The lowest BCUT2D eigenvalue weighted by atomic mass is 9.49. The van der Waals surface area contributed by atoms with E-state index < -0.39 is 0 Å². The number of nitrogens with zero attached hydrogens (tertiary/aromatic N) is 2. The number of amides is 4. The van der Waals surface area contributed by atoms with Crippen molar-refractivity contribution in [3.8, 4) is 0 Å². The summed E-state index contributed by atoms with van der Waals surface area (Å²) in [5.41, 5.74) is 1.45. The number of benzene rings is 1. The van der Waals surface area contributed by atoms with Gasteiger partial charge in [0.25, 0.3) is 0 Å². The monoisotopic (exact) mass is 486 g/mol. The Bertz CT molecular complexity index is 938. The molecule has 0 unspecified atom stereocenters. The molecule has 1 heterocycles. The number of hydrogen-bond acceptors (Lipinski definition) is 3. The zero-order valence-corrected chi connectivity index (χ0v) is 20.7. The SMILES string of the molecule is Cc1ccc(NC(=O)N2CCN(C(=O)CCNC(=O)C34CC5CC(CC(C5)C3)C4)CC2)cc1Cl. The summed E-state index contributed by atoms with van der Waals surface area (Å²) in [5, 5.41) is 6.59. The van der Waals surface area contributed by atoms with Gasteiger partial charge < -0.3 is 20.4 Å². The van der Waals surface area contributed by atoms with Crippen LogP contribution in [0.4, 0.5) is 10.5 Å². The third-order valence-corrected chi connectivity index (χ3v) is 8.89. The van der Waals surface area contributed by atoms with Gasteiger partial charge in [0.05, 0.1) is 0 Å². The average molecular weight is 487 g/mol. The number of carbonyl (C=O) groups excluding carboxylic acids is 3. The number of anilines is 1. The van der Waals surface area contributed by atoms with E-state index in [2.05, 4.69) is 10.6 Å². The fourth-order valence-electron chi connectivity index (χ4n) is 7.05. The van der Waals surface area contributed by atoms with Gasteiger partial charge in [-0.2, -0.15) is 0 Å². The molecule has 4 bridgehead atoms. The minimum absolute atomic E-state index is 0.0381. The van der Waals surface area contributed by atoms with Gasteiger partial charge in [0.1, 0.15) is 0 Å². The maximum absolute atomic E-state index is 13.1. The summed E-state index contributed by atoms with van der Waals surface area (Å²) < 4.78 is 0. The van der Waals surface area contributed by atoms with Gasteiger partial charge in [0, 0.05) is 55.3 Å². The molecular formula is C26H35ClN4O3. The van der Waals surface area contributed by atoms with E-state index in [4.69, 9.17) is 11.6 Å². The number of aryl methyl sites for hydroxylation is 1. The molecule has 8 heteroatoms. The van der Waals surface area contributed by atoms with E-state index in [1.54, 1.807) is 15.9 Å². The summed E-state index contributed by atoms with van der Waals surface area (Å²) in [5.74, 6) is 2.41. The number of nitrogens with one attached hydrogen (secondary N) is 2. The molecule has 0 spiro atoms. The number of hydrogen-bond donors (Lipinski definition) is 2. The predicted octanol–water partition coefficient (Wildman–Crippen LogP) is 4.05. The molecule has 0 radical (unpaired) electrons. The molecule has 0 aromatic heterocycles. The normalized spacial score (nSPS) is 29.8. The van der Waals surface area contributed by atoms with Gasteiger partial charge in [0.2, 0.25) is 11.8 Å². The zero-order valence-electron chi connectivity index (χ0n) is 19.9. The molecule has 7 nitrogen and oxygen atoms in total. The van der Waals surface area contributed by atoms with Crippen LogP contribution < -0.4 is 10.6 Å². The second-order valence-electron chi connectivity index (χ2n) is 11.0. The van der Waals surface area contributed by atoms with Crippen LogP contribution in [0.3, 0.4) is 0 Å². The highest BCUT2D eigenvalue weighted by Gasteiger charge is 2.54. The molecule has 5 fully saturated rings. The van der Waals surface area contributed by atoms with Crippen LogP contribution in [0.25, 0.3) is 0 Å². The molecule has 4 saturated carbocycles. The van der Waals surface area contributed by atoms with Crippen molar-refractivity contribution in [2.24, 2.45) is 23.2 Å². The second-order valence-corrected chi connectivity index (χ2v) is 11.4. The molecule has 4 amide bonds. The van der Waals surface area contributed by atoms with Crippen molar-refractivity contribution in [1.29, 1.82) is 0 Å². The highest BCUT2D eigenvalue weighted by atomic mass is 35.5. The second kappa shape index (κ2) is 9.40. The molecule has 5 aliphatic rings. The molecule has 34 heavy (non-hydrogen) atoms. The van der Waals surface area contributed by atoms with Gasteiger partial charge in [-0.15, -0.1) is 0 Å². The largest absolute Gasteiger partial charge is 0.355 e. The maximum Gasteiger partial charge on any atom is 0.321 e. The molecule has 2 N–H and O–H groups in total. The maximum atomic E-state index is 13.1. The summed E-state index contributed by atoms with van der Waals surface area (Å²) >= 11 is 6.14. The smallest absolute Gasteiger partial charge is 0.321 e. The molecule has 0 atom stereocenters. The van der Waals surface area contributed by atoms with Crippen LogP contribution in [0.1, 0.15) is 50.5 Å². The first-order valence-electron chi connectivity index (χ1n) is 12.7. The van der Waals surface area contributed by atoms with E-state index in [1.165, 1.54) is 19.3 Å². The van der Waals surface area contributed by atoms with Crippen LogP contribution in [-0.4, -0.2) is 60.4 Å². The van der Waals surface area contributed by atoms with E-state index in [9.17, 15) is 14.4 Å². The first kappa shape index (κ1) is 23.5. The Kier molecular flexibility index (Phi) is 6.49. The summed E-state index contributed by atoms with van der Waals surface area (Å²) in [7, 11) is 0. The van der Waals surface area contributed by atoms with E-state index in [1.807, 2.05) is 19.1 Å². The van der Waals surface area contributed by atoms with Gasteiger partial charge in [0.15, 0.2) is 0 Å². The van der Waals surface area contributed by atoms with E-state index >= 15 is 0 Å². The topological polar surface area (TPSA) is 81.8 Å². The summed E-state index contributed by atoms with van der Waals surface area (Å²) in [6.07, 6.45) is 7.37. The van der Waals surface area contributed by atoms with Gasteiger partial charge in [-0.1, -0.05) is 17.7 Å². The van der Waals surface area contributed by atoms with Crippen LogP contribution in [0, 0.1) is 30.1 Å². The number of urea groups is 1. The van der Waals surface area contributed by atoms with Gasteiger partial charge in [-0.25, -0.2) is 4.79 Å². The fourth-order valence-corrected chi connectivity index (χ4v) is 7.23. The summed E-state index contributed by atoms with van der Waals surface area (Å²) in [4.78, 5) is 41.9. The van der Waals surface area contributed by atoms with E-state index in [-0.39, 0.29) is 23.3 Å². The van der Waals surface area contributed by atoms with Crippen molar-refractivity contribution in [1.82, 2.24) is 15.1 Å². The number of halogens is 1. The third-order valence-electron chi connectivity index (χ3n) is 8.49. The molecular weight excluding hydrogens is 452 g/mol. The lowest BCUT2D eigenvalue weighted by molar-refractivity contribution is -0.146. The molecule has 1 saturated heterocycles. The zero-order chi connectivity index (χ0) is 23.9. The molecule has 1 aromatic carbocycles. The Hall–Kier alpha value is -2.28. The van der Waals surface area contributed by atoms with Gasteiger partial charge in [-0.3, -0.25) is 9.59 Å². The summed E-state index contributed by atoms with van der Waals surface area (Å²) in [6.45, 7) is 4.29. The van der Waals surface area contributed by atoms with Crippen molar-refractivity contribution in [2.75, 3.05) is 38.0 Å². The Morgan fingerprint density at radius 2 is 1.56 bits per heavy atom. The van der Waals surface area contributed by atoms with Crippen LogP contribution >= 0.6 is 11.6 Å². The highest BCUT2D eigenvalue weighted by molar-refractivity contribution is 6.31. The predicted molar refractivity (Wildman–Crippen MR) is 132 cm³/mol. The number of rotatable bonds is 5. The van der Waals surface area contributed by atoms with Crippen LogP contribution in [0.2, 0.25) is 5.02 Å². The van der Waals surface area contributed by atoms with E-state index in [0.29, 0.717) is 49.9 Å². The van der Waals surface area contributed by atoms with Gasteiger partial charge >= 0.3 is 6.03 Å². The number of piperazine rings is 1. The van der Waals surface area contributed by atoms with Crippen molar-refractivity contribution in [2.45, 2.75) is 51.9 Å². The third kappa shape index (κ3) is 4.77. The van der Waals surface area contributed by atoms with Gasteiger partial charge in [-0.05, 0) is 80.9 Å². The Morgan fingerprint density at radius 1 is 0.971 bits per heavy atom. The molecule has 4 aliphatic carbocycles. The van der Waals surface area contributed by atoms with Crippen molar-refractivity contribution in [3.05, 3.63) is 28.8 Å².